The van der Waals surface area contributed by atoms with Gasteiger partial charge in [0.25, 0.3) is 0 Å². The first-order valence-electron chi connectivity index (χ1n) is 9.27. The summed E-state index contributed by atoms with van der Waals surface area (Å²) < 4.78 is 0. The van der Waals surface area contributed by atoms with Gasteiger partial charge in [0.05, 0.1) is 5.54 Å². The van der Waals surface area contributed by atoms with Crippen LogP contribution in [0.3, 0.4) is 0 Å². The molecule has 3 aromatic carbocycles. The highest BCUT2D eigenvalue weighted by atomic mass is 35.5. The molecule has 0 fully saturated rings. The predicted octanol–water partition coefficient (Wildman–Crippen LogP) is 6.38. The van der Waals surface area contributed by atoms with Crippen molar-refractivity contribution in [3.05, 3.63) is 93.5 Å². The Morgan fingerprint density at radius 2 is 1.69 bits per heavy atom. The van der Waals surface area contributed by atoms with Crippen LogP contribution < -0.4 is 5.32 Å². The first kappa shape index (κ1) is 17.3. The van der Waals surface area contributed by atoms with Gasteiger partial charge >= 0.3 is 0 Å². The lowest BCUT2D eigenvalue weighted by atomic mass is 10.0. The number of nitrogens with one attached hydrogen (secondary N) is 1. The van der Waals surface area contributed by atoms with Gasteiger partial charge in [0, 0.05) is 11.6 Å². The molecule has 3 aromatic rings. The number of rotatable bonds is 5. The number of aryl methyl sites for hydroxylation is 1. The third-order valence-electron chi connectivity index (χ3n) is 5.61. The molecule has 0 aliphatic heterocycles. The number of benzene rings is 3. The Balaban J connectivity index is 1.73. The van der Waals surface area contributed by atoms with E-state index in [1.54, 1.807) is 0 Å². The van der Waals surface area contributed by atoms with Gasteiger partial charge in [-0.05, 0) is 59.7 Å². The molecular weight excluding hydrogens is 338 g/mol. The SMILES string of the molecule is CCC1(NCc2cccc(C)c2)c2c(-c3ccccc3)cc(Cl)c(C)c21. The van der Waals surface area contributed by atoms with Gasteiger partial charge in [-0.2, -0.15) is 0 Å². The summed E-state index contributed by atoms with van der Waals surface area (Å²) in [6.07, 6.45) is 1.02. The van der Waals surface area contributed by atoms with Crippen LogP contribution in [-0.2, 0) is 12.1 Å². The molecule has 1 nitrogen and oxygen atoms in total. The minimum Gasteiger partial charge on any atom is -0.300 e. The molecule has 0 amide bonds. The molecule has 1 N–H and O–H groups in total. The van der Waals surface area contributed by atoms with Gasteiger partial charge in [-0.1, -0.05) is 78.7 Å². The molecule has 1 aliphatic carbocycles. The average molecular weight is 362 g/mol. The first-order chi connectivity index (χ1) is 12.6. The quantitative estimate of drug-likeness (QED) is 0.555. The van der Waals surface area contributed by atoms with Crippen LogP contribution in [0.15, 0.2) is 60.7 Å². The molecule has 0 radical (unpaired) electrons. The van der Waals surface area contributed by atoms with Crippen molar-refractivity contribution in [2.75, 3.05) is 0 Å². The molecule has 0 heterocycles. The monoisotopic (exact) mass is 361 g/mol. The molecular formula is C24H24ClN. The van der Waals surface area contributed by atoms with Crippen LogP contribution in [-0.4, -0.2) is 0 Å². The Bertz CT molecular complexity index is 961. The van der Waals surface area contributed by atoms with Crippen LogP contribution in [0.5, 0.6) is 0 Å². The van der Waals surface area contributed by atoms with Crippen LogP contribution in [0.2, 0.25) is 5.02 Å². The fraction of sp³-hybridized carbons (Fsp3) is 0.250. The predicted molar refractivity (Wildman–Crippen MR) is 111 cm³/mol. The fourth-order valence-corrected chi connectivity index (χ4v) is 4.40. The summed E-state index contributed by atoms with van der Waals surface area (Å²) in [5.74, 6) is 0. The summed E-state index contributed by atoms with van der Waals surface area (Å²) in [4.78, 5) is 0. The van der Waals surface area contributed by atoms with Gasteiger partial charge < -0.3 is 0 Å². The van der Waals surface area contributed by atoms with E-state index in [4.69, 9.17) is 11.6 Å². The molecule has 0 spiro atoms. The van der Waals surface area contributed by atoms with Crippen LogP contribution >= 0.6 is 11.6 Å². The fourth-order valence-electron chi connectivity index (χ4n) is 4.19. The molecule has 0 saturated heterocycles. The summed E-state index contributed by atoms with van der Waals surface area (Å²) >= 11 is 6.60. The highest BCUT2D eigenvalue weighted by Crippen LogP contribution is 2.58. The third-order valence-corrected chi connectivity index (χ3v) is 6.00. The number of fused-ring (bicyclic) bond motifs is 1. The molecule has 1 aliphatic rings. The molecule has 2 heteroatoms. The van der Waals surface area contributed by atoms with Gasteiger partial charge in [0.1, 0.15) is 0 Å². The second-order valence-electron chi connectivity index (χ2n) is 7.25. The summed E-state index contributed by atoms with van der Waals surface area (Å²) in [7, 11) is 0. The summed E-state index contributed by atoms with van der Waals surface area (Å²) in [6, 6.07) is 21.4. The highest BCUT2D eigenvalue weighted by molar-refractivity contribution is 6.32. The van der Waals surface area contributed by atoms with Gasteiger partial charge in [-0.15, -0.1) is 0 Å². The Hall–Kier alpha value is -2.09. The molecule has 0 saturated carbocycles. The van der Waals surface area contributed by atoms with Crippen LogP contribution in [0.4, 0.5) is 0 Å². The van der Waals surface area contributed by atoms with Crippen molar-refractivity contribution < 1.29 is 0 Å². The molecule has 132 valence electrons. The minimum atomic E-state index is -0.0633. The standard InChI is InChI=1S/C24H24ClN/c1-4-24(26-15-18-10-8-9-16(2)13-18)22-17(3)21(25)14-20(23(22)24)19-11-6-5-7-12-19/h5-14,26H,4,15H2,1-3H3. The third kappa shape index (κ3) is 2.76. The Labute approximate surface area is 161 Å². The number of hydrogen-bond acceptors (Lipinski definition) is 1. The van der Waals surface area contributed by atoms with E-state index in [0.29, 0.717) is 0 Å². The topological polar surface area (TPSA) is 12.0 Å². The van der Waals surface area contributed by atoms with E-state index >= 15 is 0 Å². The lowest BCUT2D eigenvalue weighted by Crippen LogP contribution is -2.29. The molecule has 26 heavy (non-hydrogen) atoms. The van der Waals surface area contributed by atoms with E-state index in [2.05, 4.69) is 86.8 Å². The van der Waals surface area contributed by atoms with E-state index in [-0.39, 0.29) is 5.54 Å². The molecule has 0 aromatic heterocycles. The van der Waals surface area contributed by atoms with E-state index in [1.807, 2.05) is 0 Å². The van der Waals surface area contributed by atoms with Crippen molar-refractivity contribution in [3.63, 3.8) is 0 Å². The lowest BCUT2D eigenvalue weighted by Gasteiger charge is -2.18. The largest absolute Gasteiger partial charge is 0.300 e. The zero-order valence-corrected chi connectivity index (χ0v) is 16.3. The Kier molecular flexibility index (Phi) is 4.38. The van der Waals surface area contributed by atoms with Crippen molar-refractivity contribution in [2.45, 2.75) is 39.3 Å². The minimum absolute atomic E-state index is 0.0633. The van der Waals surface area contributed by atoms with Crippen molar-refractivity contribution in [2.24, 2.45) is 0 Å². The molecule has 1 unspecified atom stereocenters. The van der Waals surface area contributed by atoms with Crippen molar-refractivity contribution >= 4 is 11.6 Å². The van der Waals surface area contributed by atoms with Crippen molar-refractivity contribution in [1.82, 2.24) is 5.32 Å². The van der Waals surface area contributed by atoms with Gasteiger partial charge in [0.15, 0.2) is 0 Å². The second-order valence-corrected chi connectivity index (χ2v) is 7.66. The van der Waals surface area contributed by atoms with Crippen LogP contribution in [0, 0.1) is 13.8 Å². The van der Waals surface area contributed by atoms with E-state index in [0.717, 1.165) is 18.0 Å². The first-order valence-corrected chi connectivity index (χ1v) is 9.64. The summed E-state index contributed by atoms with van der Waals surface area (Å²) in [5, 5.41) is 4.71. The Morgan fingerprint density at radius 1 is 0.923 bits per heavy atom. The number of hydrogen-bond donors (Lipinski definition) is 1. The van der Waals surface area contributed by atoms with Gasteiger partial charge in [-0.25, -0.2) is 0 Å². The van der Waals surface area contributed by atoms with Crippen molar-refractivity contribution in [1.29, 1.82) is 0 Å². The molecule has 0 bridgehead atoms. The van der Waals surface area contributed by atoms with Gasteiger partial charge in [0.2, 0.25) is 0 Å². The zero-order chi connectivity index (χ0) is 18.3. The lowest BCUT2D eigenvalue weighted by molar-refractivity contribution is 0.465. The van der Waals surface area contributed by atoms with Crippen LogP contribution in [0.25, 0.3) is 11.1 Å². The Morgan fingerprint density at radius 3 is 2.38 bits per heavy atom. The zero-order valence-electron chi connectivity index (χ0n) is 15.6. The average Bonchev–Trinajstić information content (AvgIpc) is 3.33. The molecule has 4 rings (SSSR count). The van der Waals surface area contributed by atoms with E-state index < -0.39 is 0 Å². The summed E-state index contributed by atoms with van der Waals surface area (Å²) in [6.45, 7) is 7.39. The summed E-state index contributed by atoms with van der Waals surface area (Å²) in [5.41, 5.74) is 9.06. The van der Waals surface area contributed by atoms with Gasteiger partial charge in [-0.3, -0.25) is 5.32 Å². The van der Waals surface area contributed by atoms with E-state index in [9.17, 15) is 0 Å². The maximum absolute atomic E-state index is 6.60. The van der Waals surface area contributed by atoms with E-state index in [1.165, 1.54) is 38.9 Å². The maximum atomic E-state index is 6.60. The van der Waals surface area contributed by atoms with Crippen LogP contribution in [0.1, 0.15) is 41.2 Å². The maximum Gasteiger partial charge on any atom is 0.0707 e. The normalized spacial score (nSPS) is 17.8. The highest BCUT2D eigenvalue weighted by Gasteiger charge is 2.52. The molecule has 1 atom stereocenters. The number of halogens is 1. The van der Waals surface area contributed by atoms with Crippen molar-refractivity contribution in [3.8, 4) is 11.1 Å². The smallest absolute Gasteiger partial charge is 0.0707 e. The second kappa shape index (κ2) is 6.57.